The molecular formula is C24H21N3S. The molecule has 0 N–H and O–H groups in total. The SMILES string of the molecule is C/C(=N\N=c1/scc(-c2ccccc2)n1Cc1ccccc1)c1ccccc1. The van der Waals surface area contributed by atoms with Gasteiger partial charge in [0.25, 0.3) is 0 Å². The normalized spacial score (nSPS) is 12.3. The molecule has 0 aliphatic carbocycles. The number of thiazole rings is 1. The van der Waals surface area contributed by atoms with Crippen molar-refractivity contribution in [3.63, 3.8) is 0 Å². The third-order valence-electron chi connectivity index (χ3n) is 4.53. The molecule has 0 atom stereocenters. The molecule has 0 amide bonds. The van der Waals surface area contributed by atoms with Gasteiger partial charge in [-0.15, -0.1) is 16.4 Å². The van der Waals surface area contributed by atoms with Crippen molar-refractivity contribution in [2.24, 2.45) is 10.2 Å². The van der Waals surface area contributed by atoms with Gasteiger partial charge in [-0.25, -0.2) is 0 Å². The highest BCUT2D eigenvalue weighted by atomic mass is 32.1. The third kappa shape index (κ3) is 4.18. The van der Waals surface area contributed by atoms with Gasteiger partial charge in [0, 0.05) is 5.38 Å². The lowest BCUT2D eigenvalue weighted by atomic mass is 10.1. The lowest BCUT2D eigenvalue weighted by molar-refractivity contribution is 0.768. The topological polar surface area (TPSA) is 29.6 Å². The van der Waals surface area contributed by atoms with E-state index in [1.54, 1.807) is 11.3 Å². The van der Waals surface area contributed by atoms with Crippen molar-refractivity contribution in [1.29, 1.82) is 0 Å². The minimum absolute atomic E-state index is 0.757. The van der Waals surface area contributed by atoms with Crippen LogP contribution in [0.15, 0.2) is 107 Å². The van der Waals surface area contributed by atoms with Crippen molar-refractivity contribution in [2.45, 2.75) is 13.5 Å². The Morgan fingerprint density at radius 1 is 0.821 bits per heavy atom. The van der Waals surface area contributed by atoms with Crippen LogP contribution in [0.2, 0.25) is 0 Å². The van der Waals surface area contributed by atoms with Crippen molar-refractivity contribution in [2.75, 3.05) is 0 Å². The van der Waals surface area contributed by atoms with Crippen LogP contribution >= 0.6 is 11.3 Å². The van der Waals surface area contributed by atoms with Crippen LogP contribution in [-0.4, -0.2) is 10.3 Å². The highest BCUT2D eigenvalue weighted by Crippen LogP contribution is 2.20. The molecule has 0 aliphatic heterocycles. The van der Waals surface area contributed by atoms with Crippen LogP contribution in [0.5, 0.6) is 0 Å². The molecule has 1 heterocycles. The molecule has 4 heteroatoms. The molecule has 0 spiro atoms. The van der Waals surface area contributed by atoms with E-state index in [4.69, 9.17) is 0 Å². The second-order valence-electron chi connectivity index (χ2n) is 6.49. The predicted octanol–water partition coefficient (Wildman–Crippen LogP) is 5.59. The van der Waals surface area contributed by atoms with Gasteiger partial charge >= 0.3 is 0 Å². The zero-order chi connectivity index (χ0) is 19.2. The summed E-state index contributed by atoms with van der Waals surface area (Å²) >= 11 is 1.62. The first-order valence-corrected chi connectivity index (χ1v) is 10.1. The first-order chi connectivity index (χ1) is 13.8. The van der Waals surface area contributed by atoms with E-state index in [9.17, 15) is 0 Å². The van der Waals surface area contributed by atoms with Crippen LogP contribution in [0.4, 0.5) is 0 Å². The van der Waals surface area contributed by atoms with Crippen molar-refractivity contribution in [3.05, 3.63) is 112 Å². The van der Waals surface area contributed by atoms with Gasteiger partial charge in [-0.1, -0.05) is 91.0 Å². The molecule has 28 heavy (non-hydrogen) atoms. The van der Waals surface area contributed by atoms with E-state index in [-0.39, 0.29) is 0 Å². The maximum absolute atomic E-state index is 4.59. The number of nitrogens with zero attached hydrogens (tertiary/aromatic N) is 3. The average molecular weight is 384 g/mol. The first-order valence-electron chi connectivity index (χ1n) is 9.22. The number of hydrogen-bond acceptors (Lipinski definition) is 3. The lowest BCUT2D eigenvalue weighted by Gasteiger charge is -2.09. The summed E-state index contributed by atoms with van der Waals surface area (Å²) in [7, 11) is 0. The number of benzene rings is 3. The van der Waals surface area contributed by atoms with Gasteiger partial charge in [0.15, 0.2) is 0 Å². The highest BCUT2D eigenvalue weighted by Gasteiger charge is 2.08. The maximum atomic E-state index is 4.59. The lowest BCUT2D eigenvalue weighted by Crippen LogP contribution is -2.16. The van der Waals surface area contributed by atoms with Crippen LogP contribution < -0.4 is 4.80 Å². The van der Waals surface area contributed by atoms with Gasteiger partial charge in [-0.2, -0.15) is 5.10 Å². The second kappa shape index (κ2) is 8.63. The van der Waals surface area contributed by atoms with E-state index >= 15 is 0 Å². The number of hydrogen-bond donors (Lipinski definition) is 0. The molecule has 3 aromatic carbocycles. The minimum Gasteiger partial charge on any atom is -0.311 e. The summed E-state index contributed by atoms with van der Waals surface area (Å²) in [5, 5.41) is 11.3. The summed E-state index contributed by atoms with van der Waals surface area (Å²) in [4.78, 5) is 0.887. The zero-order valence-electron chi connectivity index (χ0n) is 15.7. The molecule has 4 aromatic rings. The van der Waals surface area contributed by atoms with Gasteiger partial charge in [0.05, 0.1) is 18.0 Å². The van der Waals surface area contributed by atoms with E-state index in [1.165, 1.54) is 11.1 Å². The summed E-state index contributed by atoms with van der Waals surface area (Å²) in [6.45, 7) is 2.75. The van der Waals surface area contributed by atoms with Crippen LogP contribution in [0, 0.1) is 0 Å². The Balaban J connectivity index is 1.78. The Bertz CT molecular complexity index is 1120. The molecule has 0 fully saturated rings. The van der Waals surface area contributed by atoms with E-state index in [1.807, 2.05) is 37.3 Å². The molecule has 4 rings (SSSR count). The monoisotopic (exact) mass is 383 g/mol. The van der Waals surface area contributed by atoms with Crippen molar-refractivity contribution >= 4 is 17.0 Å². The standard InChI is InChI=1S/C24H21N3S/c1-19(21-13-7-3-8-14-21)25-26-24-27(17-20-11-5-2-6-12-20)23(18-28-24)22-15-9-4-10-16-22/h2-16,18H,17H2,1H3/b25-19+,26-24-. The highest BCUT2D eigenvalue weighted by molar-refractivity contribution is 7.07. The molecule has 3 nitrogen and oxygen atoms in total. The third-order valence-corrected chi connectivity index (χ3v) is 5.38. The van der Waals surface area contributed by atoms with Gasteiger partial charge in [-0.05, 0) is 23.6 Å². The van der Waals surface area contributed by atoms with Crippen molar-refractivity contribution in [3.8, 4) is 11.3 Å². The Labute approximate surface area is 169 Å². The molecule has 0 radical (unpaired) electrons. The first kappa shape index (κ1) is 18.1. The van der Waals surface area contributed by atoms with E-state index < -0.39 is 0 Å². The molecule has 138 valence electrons. The molecule has 1 aromatic heterocycles. The van der Waals surface area contributed by atoms with Gasteiger partial charge in [-0.3, -0.25) is 0 Å². The quantitative estimate of drug-likeness (QED) is 0.318. The fourth-order valence-electron chi connectivity index (χ4n) is 3.02. The number of rotatable bonds is 5. The summed E-state index contributed by atoms with van der Waals surface area (Å²) in [6, 6.07) is 31.0. The maximum Gasteiger partial charge on any atom is 0.211 e. The van der Waals surface area contributed by atoms with Gasteiger partial charge < -0.3 is 4.57 Å². The molecular weight excluding hydrogens is 362 g/mol. The fourth-order valence-corrected chi connectivity index (χ4v) is 3.88. The molecule has 0 saturated heterocycles. The number of aromatic nitrogens is 1. The van der Waals surface area contributed by atoms with E-state index in [2.05, 4.69) is 80.8 Å². The van der Waals surface area contributed by atoms with Crippen LogP contribution in [-0.2, 0) is 6.54 Å². The minimum atomic E-state index is 0.757. The summed E-state index contributed by atoms with van der Waals surface area (Å²) in [5.41, 5.74) is 5.56. The van der Waals surface area contributed by atoms with Gasteiger partial charge in [0.1, 0.15) is 0 Å². The zero-order valence-corrected chi connectivity index (χ0v) is 16.5. The van der Waals surface area contributed by atoms with E-state index in [0.29, 0.717) is 0 Å². The van der Waals surface area contributed by atoms with Crippen LogP contribution in [0.25, 0.3) is 11.3 Å². The van der Waals surface area contributed by atoms with E-state index in [0.717, 1.165) is 28.3 Å². The summed E-state index contributed by atoms with van der Waals surface area (Å²) < 4.78 is 2.23. The van der Waals surface area contributed by atoms with Crippen LogP contribution in [0.3, 0.4) is 0 Å². The molecule has 0 bridgehead atoms. The Morgan fingerprint density at radius 2 is 1.43 bits per heavy atom. The molecule has 0 saturated carbocycles. The largest absolute Gasteiger partial charge is 0.311 e. The van der Waals surface area contributed by atoms with Crippen LogP contribution in [0.1, 0.15) is 18.1 Å². The Hall–Kier alpha value is -3.24. The Kier molecular flexibility index (Phi) is 5.59. The summed E-state index contributed by atoms with van der Waals surface area (Å²) in [6.07, 6.45) is 0. The molecule has 0 aliphatic rings. The smallest absolute Gasteiger partial charge is 0.211 e. The average Bonchev–Trinajstić information content (AvgIpc) is 3.16. The predicted molar refractivity (Wildman–Crippen MR) is 118 cm³/mol. The molecule has 0 unspecified atom stereocenters. The van der Waals surface area contributed by atoms with Crippen molar-refractivity contribution < 1.29 is 0 Å². The summed E-state index contributed by atoms with van der Waals surface area (Å²) in [5.74, 6) is 0. The Morgan fingerprint density at radius 3 is 2.11 bits per heavy atom. The second-order valence-corrected chi connectivity index (χ2v) is 7.33. The fraction of sp³-hybridized carbons (Fsp3) is 0.0833. The van der Waals surface area contributed by atoms with Crippen molar-refractivity contribution in [1.82, 2.24) is 4.57 Å². The van der Waals surface area contributed by atoms with Gasteiger partial charge in [0.2, 0.25) is 4.80 Å².